The quantitative estimate of drug-likeness (QED) is 0.736. The molecule has 1 aromatic carbocycles. The van der Waals surface area contributed by atoms with Gasteiger partial charge in [0, 0.05) is 31.9 Å². The van der Waals surface area contributed by atoms with Crippen molar-refractivity contribution in [3.8, 4) is 5.75 Å². The van der Waals surface area contributed by atoms with E-state index in [1.807, 2.05) is 24.6 Å². The third-order valence-electron chi connectivity index (χ3n) is 5.22. The molecule has 0 N–H and O–H groups in total. The van der Waals surface area contributed by atoms with E-state index in [1.165, 1.54) is 7.11 Å². The van der Waals surface area contributed by atoms with Crippen LogP contribution in [-0.4, -0.2) is 67.2 Å². The summed E-state index contributed by atoms with van der Waals surface area (Å²) in [6.07, 6.45) is 0.810. The Morgan fingerprint density at radius 3 is 2.50 bits per heavy atom. The van der Waals surface area contributed by atoms with E-state index in [0.29, 0.717) is 25.4 Å². The molecule has 0 saturated carbocycles. The van der Waals surface area contributed by atoms with Gasteiger partial charge in [0.15, 0.2) is 0 Å². The molecule has 0 atom stereocenters. The van der Waals surface area contributed by atoms with Crippen LogP contribution in [0, 0.1) is 20.8 Å². The van der Waals surface area contributed by atoms with Gasteiger partial charge in [-0.15, -0.1) is 0 Å². The highest BCUT2D eigenvalue weighted by molar-refractivity contribution is 7.89. The minimum absolute atomic E-state index is 0.256. The van der Waals surface area contributed by atoms with Crippen molar-refractivity contribution in [3.63, 3.8) is 0 Å². The van der Waals surface area contributed by atoms with Gasteiger partial charge in [-0.25, -0.2) is 8.42 Å². The SMILES string of the molecule is COc1ccc(C)cc1S(=O)(=O)N1CCCN(CCn2nc(C)cc2C)CC1. The predicted molar refractivity (Wildman–Crippen MR) is 109 cm³/mol. The molecule has 1 aliphatic rings. The van der Waals surface area contributed by atoms with Crippen LogP contribution in [0.5, 0.6) is 5.75 Å². The Morgan fingerprint density at radius 2 is 1.82 bits per heavy atom. The molecule has 0 amide bonds. The lowest BCUT2D eigenvalue weighted by Gasteiger charge is -2.23. The van der Waals surface area contributed by atoms with Crippen molar-refractivity contribution < 1.29 is 13.2 Å². The zero-order valence-corrected chi connectivity index (χ0v) is 18.0. The Hall–Kier alpha value is -1.90. The second kappa shape index (κ2) is 8.63. The van der Waals surface area contributed by atoms with Crippen LogP contribution in [0.4, 0.5) is 0 Å². The summed E-state index contributed by atoms with van der Waals surface area (Å²) in [6, 6.07) is 7.35. The molecule has 2 aromatic rings. The number of nitrogens with zero attached hydrogens (tertiary/aromatic N) is 4. The standard InChI is InChI=1S/C20H30N4O3S/c1-16-6-7-19(27-4)20(14-16)28(25,26)23-9-5-8-22(10-12-23)11-13-24-18(3)15-17(2)21-24/h6-7,14-15H,5,8-13H2,1-4H3. The minimum Gasteiger partial charge on any atom is -0.495 e. The van der Waals surface area contributed by atoms with E-state index in [-0.39, 0.29) is 4.90 Å². The van der Waals surface area contributed by atoms with Crippen molar-refractivity contribution in [1.29, 1.82) is 0 Å². The molecule has 0 spiro atoms. The molecule has 0 aliphatic carbocycles. The van der Waals surface area contributed by atoms with Crippen LogP contribution in [0.15, 0.2) is 29.2 Å². The summed E-state index contributed by atoms with van der Waals surface area (Å²) < 4.78 is 35.4. The van der Waals surface area contributed by atoms with Gasteiger partial charge in [0.25, 0.3) is 0 Å². The normalized spacial score (nSPS) is 16.9. The molecule has 0 bridgehead atoms. The van der Waals surface area contributed by atoms with Crippen LogP contribution < -0.4 is 4.74 Å². The molecule has 8 heteroatoms. The number of benzene rings is 1. The Balaban J connectivity index is 1.67. The number of aromatic nitrogens is 2. The van der Waals surface area contributed by atoms with Gasteiger partial charge in [-0.1, -0.05) is 6.07 Å². The van der Waals surface area contributed by atoms with E-state index in [0.717, 1.165) is 43.0 Å². The minimum atomic E-state index is -3.58. The number of hydrogen-bond acceptors (Lipinski definition) is 5. The van der Waals surface area contributed by atoms with E-state index < -0.39 is 10.0 Å². The van der Waals surface area contributed by atoms with Gasteiger partial charge in [-0.3, -0.25) is 4.68 Å². The van der Waals surface area contributed by atoms with Gasteiger partial charge in [0.05, 0.1) is 19.3 Å². The van der Waals surface area contributed by atoms with Crippen LogP contribution in [-0.2, 0) is 16.6 Å². The van der Waals surface area contributed by atoms with Gasteiger partial charge >= 0.3 is 0 Å². The van der Waals surface area contributed by atoms with Gasteiger partial charge in [0.1, 0.15) is 10.6 Å². The molecule has 1 saturated heterocycles. The molecule has 1 aliphatic heterocycles. The topological polar surface area (TPSA) is 67.7 Å². The molecule has 1 aromatic heterocycles. The molecular formula is C20H30N4O3S. The third-order valence-corrected chi connectivity index (χ3v) is 7.14. The summed E-state index contributed by atoms with van der Waals surface area (Å²) in [5.74, 6) is 0.399. The van der Waals surface area contributed by atoms with Gasteiger partial charge in [-0.2, -0.15) is 9.40 Å². The average Bonchev–Trinajstić information content (AvgIpc) is 2.85. The predicted octanol–water partition coefficient (Wildman–Crippen LogP) is 2.21. The highest BCUT2D eigenvalue weighted by Gasteiger charge is 2.29. The lowest BCUT2D eigenvalue weighted by Crippen LogP contribution is -2.36. The first-order valence-corrected chi connectivity index (χ1v) is 11.1. The summed E-state index contributed by atoms with van der Waals surface area (Å²) in [5, 5.41) is 4.51. The Labute approximate surface area is 167 Å². The largest absolute Gasteiger partial charge is 0.495 e. The van der Waals surface area contributed by atoms with Crippen molar-refractivity contribution >= 4 is 10.0 Å². The molecule has 3 rings (SSSR count). The maximum atomic E-state index is 13.2. The van der Waals surface area contributed by atoms with Crippen molar-refractivity contribution in [2.45, 2.75) is 38.6 Å². The maximum Gasteiger partial charge on any atom is 0.246 e. The van der Waals surface area contributed by atoms with E-state index in [4.69, 9.17) is 4.74 Å². The van der Waals surface area contributed by atoms with Gasteiger partial charge in [0.2, 0.25) is 10.0 Å². The molecule has 0 radical (unpaired) electrons. The van der Waals surface area contributed by atoms with E-state index in [2.05, 4.69) is 23.0 Å². The number of methoxy groups -OCH3 is 1. The lowest BCUT2D eigenvalue weighted by molar-refractivity contribution is 0.269. The summed E-state index contributed by atoms with van der Waals surface area (Å²) in [7, 11) is -2.07. The molecule has 28 heavy (non-hydrogen) atoms. The number of aryl methyl sites for hydroxylation is 3. The number of rotatable bonds is 6. The van der Waals surface area contributed by atoms with Crippen LogP contribution >= 0.6 is 0 Å². The average molecular weight is 407 g/mol. The van der Waals surface area contributed by atoms with Crippen molar-refractivity contribution in [2.24, 2.45) is 0 Å². The Bertz CT molecular complexity index is 924. The molecule has 154 valence electrons. The van der Waals surface area contributed by atoms with Crippen LogP contribution in [0.2, 0.25) is 0 Å². The summed E-state index contributed by atoms with van der Waals surface area (Å²) >= 11 is 0. The fourth-order valence-corrected chi connectivity index (χ4v) is 5.38. The van der Waals surface area contributed by atoms with E-state index in [1.54, 1.807) is 16.4 Å². The maximum absolute atomic E-state index is 13.2. The fourth-order valence-electron chi connectivity index (χ4n) is 3.67. The van der Waals surface area contributed by atoms with Crippen molar-refractivity contribution in [2.75, 3.05) is 39.8 Å². The number of sulfonamides is 1. The van der Waals surface area contributed by atoms with Gasteiger partial charge < -0.3 is 9.64 Å². The summed E-state index contributed by atoms with van der Waals surface area (Å²) in [4.78, 5) is 2.57. The molecule has 2 heterocycles. The lowest BCUT2D eigenvalue weighted by atomic mass is 10.2. The summed E-state index contributed by atoms with van der Waals surface area (Å²) in [6.45, 7) is 10.2. The first-order valence-electron chi connectivity index (χ1n) is 9.69. The molecule has 0 unspecified atom stereocenters. The molecule has 1 fully saturated rings. The number of hydrogen-bond donors (Lipinski definition) is 0. The van der Waals surface area contributed by atoms with Crippen LogP contribution in [0.3, 0.4) is 0 Å². The molecule has 7 nitrogen and oxygen atoms in total. The van der Waals surface area contributed by atoms with Crippen LogP contribution in [0.1, 0.15) is 23.4 Å². The monoisotopic (exact) mass is 406 g/mol. The second-order valence-electron chi connectivity index (χ2n) is 7.40. The smallest absolute Gasteiger partial charge is 0.246 e. The second-order valence-corrected chi connectivity index (χ2v) is 9.31. The Kier molecular flexibility index (Phi) is 6.42. The van der Waals surface area contributed by atoms with E-state index in [9.17, 15) is 8.42 Å². The summed E-state index contributed by atoms with van der Waals surface area (Å²) in [5.41, 5.74) is 3.08. The third kappa shape index (κ3) is 4.56. The fraction of sp³-hybridized carbons (Fsp3) is 0.550. The Morgan fingerprint density at radius 1 is 1.04 bits per heavy atom. The zero-order chi connectivity index (χ0) is 20.3. The van der Waals surface area contributed by atoms with E-state index >= 15 is 0 Å². The van der Waals surface area contributed by atoms with Crippen molar-refractivity contribution in [3.05, 3.63) is 41.2 Å². The first-order chi connectivity index (χ1) is 13.3. The number of ether oxygens (including phenoxy) is 1. The van der Waals surface area contributed by atoms with Crippen molar-refractivity contribution in [1.82, 2.24) is 19.0 Å². The molecular weight excluding hydrogens is 376 g/mol. The first kappa shape index (κ1) is 20.8. The van der Waals surface area contributed by atoms with Gasteiger partial charge in [-0.05, 0) is 57.5 Å². The highest BCUT2D eigenvalue weighted by Crippen LogP contribution is 2.28. The zero-order valence-electron chi connectivity index (χ0n) is 17.2. The highest BCUT2D eigenvalue weighted by atomic mass is 32.2. The van der Waals surface area contributed by atoms with Crippen LogP contribution in [0.25, 0.3) is 0 Å².